The standard InChI is InChI=1S/C10H7Cl2FN2S/c11-4-3-9-14-15-10(16-9)7-2-1-6(12)5-8(7)13/h1-2,5H,3-4H2. The molecule has 6 heteroatoms. The normalized spacial score (nSPS) is 10.7. The highest BCUT2D eigenvalue weighted by molar-refractivity contribution is 7.14. The number of hydrogen-bond donors (Lipinski definition) is 0. The third-order valence-electron chi connectivity index (χ3n) is 1.94. The Morgan fingerprint density at radius 3 is 2.81 bits per heavy atom. The lowest BCUT2D eigenvalue weighted by molar-refractivity contribution is 0.631. The molecule has 0 fully saturated rings. The van der Waals surface area contributed by atoms with Crippen LogP contribution in [0.1, 0.15) is 5.01 Å². The van der Waals surface area contributed by atoms with Gasteiger partial charge in [0.15, 0.2) is 5.01 Å². The largest absolute Gasteiger partial charge is 0.206 e. The van der Waals surface area contributed by atoms with Crippen molar-refractivity contribution in [3.63, 3.8) is 0 Å². The smallest absolute Gasteiger partial charge is 0.150 e. The van der Waals surface area contributed by atoms with Crippen LogP contribution >= 0.6 is 34.5 Å². The summed E-state index contributed by atoms with van der Waals surface area (Å²) >= 11 is 12.6. The number of rotatable bonds is 3. The maximum Gasteiger partial charge on any atom is 0.150 e. The van der Waals surface area contributed by atoms with Gasteiger partial charge in [-0.3, -0.25) is 0 Å². The molecule has 0 atom stereocenters. The van der Waals surface area contributed by atoms with E-state index in [1.54, 1.807) is 12.1 Å². The van der Waals surface area contributed by atoms with Gasteiger partial charge in [-0.25, -0.2) is 4.39 Å². The summed E-state index contributed by atoms with van der Waals surface area (Å²) < 4.78 is 13.6. The SMILES string of the molecule is Fc1cc(Cl)ccc1-c1nnc(CCCl)s1. The van der Waals surface area contributed by atoms with Crippen LogP contribution in [0.4, 0.5) is 4.39 Å². The average Bonchev–Trinajstić information content (AvgIpc) is 2.67. The fourth-order valence-electron chi connectivity index (χ4n) is 1.21. The summed E-state index contributed by atoms with van der Waals surface area (Å²) in [4.78, 5) is 0. The zero-order valence-electron chi connectivity index (χ0n) is 8.08. The predicted molar refractivity (Wildman–Crippen MR) is 64.7 cm³/mol. The molecule has 0 aliphatic rings. The molecule has 84 valence electrons. The van der Waals surface area contributed by atoms with Crippen LogP contribution in [0.5, 0.6) is 0 Å². The van der Waals surface area contributed by atoms with Crippen LogP contribution in [0.25, 0.3) is 10.6 Å². The second-order valence-corrected chi connectivity index (χ2v) is 4.94. The molecule has 0 aliphatic heterocycles. The van der Waals surface area contributed by atoms with Gasteiger partial charge < -0.3 is 0 Å². The quantitative estimate of drug-likeness (QED) is 0.798. The highest BCUT2D eigenvalue weighted by atomic mass is 35.5. The summed E-state index contributed by atoms with van der Waals surface area (Å²) in [5, 5.41) is 9.58. The Labute approximate surface area is 106 Å². The van der Waals surface area contributed by atoms with E-state index in [9.17, 15) is 4.39 Å². The van der Waals surface area contributed by atoms with E-state index in [2.05, 4.69) is 10.2 Å². The van der Waals surface area contributed by atoms with Gasteiger partial charge in [0, 0.05) is 22.9 Å². The van der Waals surface area contributed by atoms with Crippen molar-refractivity contribution in [2.75, 3.05) is 5.88 Å². The Morgan fingerprint density at radius 2 is 2.12 bits per heavy atom. The third-order valence-corrected chi connectivity index (χ3v) is 3.38. The fourth-order valence-corrected chi connectivity index (χ4v) is 2.52. The van der Waals surface area contributed by atoms with Crippen molar-refractivity contribution in [2.45, 2.75) is 6.42 Å². The maximum absolute atomic E-state index is 13.6. The number of aryl methyl sites for hydroxylation is 1. The molecule has 16 heavy (non-hydrogen) atoms. The minimum Gasteiger partial charge on any atom is -0.206 e. The van der Waals surface area contributed by atoms with Crippen LogP contribution in [0, 0.1) is 5.82 Å². The average molecular weight is 277 g/mol. The summed E-state index contributed by atoms with van der Waals surface area (Å²) in [5.41, 5.74) is 0.419. The summed E-state index contributed by atoms with van der Waals surface area (Å²) in [5.74, 6) is 0.0960. The molecule has 2 nitrogen and oxygen atoms in total. The van der Waals surface area contributed by atoms with Crippen molar-refractivity contribution in [1.82, 2.24) is 10.2 Å². The molecular formula is C10H7Cl2FN2S. The molecule has 0 bridgehead atoms. The highest BCUT2D eigenvalue weighted by Crippen LogP contribution is 2.28. The Kier molecular flexibility index (Phi) is 3.74. The highest BCUT2D eigenvalue weighted by Gasteiger charge is 2.11. The summed E-state index contributed by atoms with van der Waals surface area (Å²) in [6, 6.07) is 4.49. The number of halogens is 3. The minimum absolute atomic E-state index is 0.367. The first kappa shape index (κ1) is 11.8. The van der Waals surface area contributed by atoms with Gasteiger partial charge in [-0.2, -0.15) is 0 Å². The third kappa shape index (κ3) is 2.51. The van der Waals surface area contributed by atoms with E-state index in [-0.39, 0.29) is 5.82 Å². The van der Waals surface area contributed by atoms with Crippen LogP contribution in [-0.2, 0) is 6.42 Å². The van der Waals surface area contributed by atoms with Crippen LogP contribution in [0.3, 0.4) is 0 Å². The van der Waals surface area contributed by atoms with Gasteiger partial charge in [-0.15, -0.1) is 21.8 Å². The molecule has 0 unspecified atom stereocenters. The van der Waals surface area contributed by atoms with E-state index < -0.39 is 0 Å². The van der Waals surface area contributed by atoms with E-state index in [0.717, 1.165) is 5.01 Å². The summed E-state index contributed by atoms with van der Waals surface area (Å²) in [6.07, 6.45) is 0.647. The zero-order valence-corrected chi connectivity index (χ0v) is 10.4. The van der Waals surface area contributed by atoms with E-state index in [1.165, 1.54) is 17.4 Å². The molecule has 1 aromatic carbocycles. The monoisotopic (exact) mass is 276 g/mol. The molecule has 0 spiro atoms. The number of aromatic nitrogens is 2. The predicted octanol–water partition coefficient (Wildman–Crippen LogP) is 3.78. The lowest BCUT2D eigenvalue weighted by atomic mass is 10.2. The molecule has 1 heterocycles. The number of nitrogens with zero attached hydrogens (tertiary/aromatic N) is 2. The van der Waals surface area contributed by atoms with E-state index in [1.807, 2.05) is 0 Å². The van der Waals surface area contributed by atoms with Gasteiger partial charge >= 0.3 is 0 Å². The van der Waals surface area contributed by atoms with E-state index in [4.69, 9.17) is 23.2 Å². The summed E-state index contributed by atoms with van der Waals surface area (Å²) in [7, 11) is 0. The molecule has 2 aromatic rings. The van der Waals surface area contributed by atoms with Gasteiger partial charge in [0.2, 0.25) is 0 Å². The molecular weight excluding hydrogens is 270 g/mol. The van der Waals surface area contributed by atoms with Gasteiger partial charge in [0.25, 0.3) is 0 Å². The van der Waals surface area contributed by atoms with Crippen LogP contribution in [0.2, 0.25) is 5.02 Å². The first-order valence-electron chi connectivity index (χ1n) is 4.54. The Hall–Kier alpha value is -0.710. The van der Waals surface area contributed by atoms with Gasteiger partial charge in [-0.1, -0.05) is 22.9 Å². The van der Waals surface area contributed by atoms with Crippen molar-refractivity contribution in [3.8, 4) is 10.6 Å². The van der Waals surface area contributed by atoms with Crippen LogP contribution in [-0.4, -0.2) is 16.1 Å². The van der Waals surface area contributed by atoms with E-state index in [0.29, 0.717) is 27.9 Å². The summed E-state index contributed by atoms with van der Waals surface area (Å²) in [6.45, 7) is 0. The molecule has 1 aromatic heterocycles. The Balaban J connectivity index is 2.35. The molecule has 0 aliphatic carbocycles. The molecule has 0 N–H and O–H groups in total. The van der Waals surface area contributed by atoms with Crippen molar-refractivity contribution in [1.29, 1.82) is 0 Å². The second kappa shape index (κ2) is 5.08. The van der Waals surface area contributed by atoms with Crippen molar-refractivity contribution >= 4 is 34.5 Å². The lowest BCUT2D eigenvalue weighted by Gasteiger charge is -1.97. The number of alkyl halides is 1. The Bertz CT molecular complexity index is 501. The molecule has 2 rings (SSSR count). The topological polar surface area (TPSA) is 25.8 Å². The van der Waals surface area contributed by atoms with Crippen molar-refractivity contribution in [3.05, 3.63) is 34.0 Å². The van der Waals surface area contributed by atoms with Crippen molar-refractivity contribution < 1.29 is 4.39 Å². The first-order valence-corrected chi connectivity index (χ1v) is 6.27. The molecule has 0 saturated heterocycles. The van der Waals surface area contributed by atoms with Crippen molar-refractivity contribution in [2.24, 2.45) is 0 Å². The van der Waals surface area contributed by atoms with Gasteiger partial charge in [0.1, 0.15) is 10.8 Å². The molecule has 0 saturated carbocycles. The van der Waals surface area contributed by atoms with E-state index >= 15 is 0 Å². The van der Waals surface area contributed by atoms with Crippen LogP contribution in [0.15, 0.2) is 18.2 Å². The second-order valence-electron chi connectivity index (χ2n) is 3.06. The van der Waals surface area contributed by atoms with Crippen LogP contribution < -0.4 is 0 Å². The zero-order chi connectivity index (χ0) is 11.5. The van der Waals surface area contributed by atoms with Gasteiger partial charge in [-0.05, 0) is 18.2 Å². The minimum atomic E-state index is -0.388. The number of hydrogen-bond acceptors (Lipinski definition) is 3. The molecule has 0 amide bonds. The number of benzene rings is 1. The molecule has 0 radical (unpaired) electrons. The Morgan fingerprint density at radius 1 is 1.31 bits per heavy atom. The lowest BCUT2D eigenvalue weighted by Crippen LogP contribution is -1.84. The first-order chi connectivity index (χ1) is 7.70. The maximum atomic E-state index is 13.6. The fraction of sp³-hybridized carbons (Fsp3) is 0.200. The van der Waals surface area contributed by atoms with Gasteiger partial charge in [0.05, 0.1) is 0 Å².